The van der Waals surface area contributed by atoms with Crippen LogP contribution in [0.25, 0.3) is 0 Å². The van der Waals surface area contributed by atoms with Gasteiger partial charge in [0, 0.05) is 6.07 Å². The predicted molar refractivity (Wildman–Crippen MR) is 42.4 cm³/mol. The zero-order valence-electron chi connectivity index (χ0n) is 6.85. The highest BCUT2D eigenvalue weighted by Gasteiger charge is 2.17. The van der Waals surface area contributed by atoms with Crippen LogP contribution >= 0.6 is 0 Å². The molecule has 1 N–H and O–H groups in total. The van der Waals surface area contributed by atoms with E-state index < -0.39 is 34.6 Å². The van der Waals surface area contributed by atoms with E-state index in [2.05, 4.69) is 6.58 Å². The topological polar surface area (TPSA) is 37.3 Å². The van der Waals surface area contributed by atoms with Crippen molar-refractivity contribution in [3.05, 3.63) is 47.5 Å². The molecule has 0 aliphatic rings. The van der Waals surface area contributed by atoms with Gasteiger partial charge < -0.3 is 5.11 Å². The van der Waals surface area contributed by atoms with Gasteiger partial charge in [-0.1, -0.05) is 6.58 Å². The third kappa shape index (κ3) is 1.76. The Kier molecular flexibility index (Phi) is 2.60. The van der Waals surface area contributed by atoms with Gasteiger partial charge in [-0.25, -0.2) is 13.2 Å². The Morgan fingerprint density at radius 1 is 1.14 bits per heavy atom. The molecule has 1 aromatic carbocycles. The average molecular weight is 202 g/mol. The average Bonchev–Trinajstić information content (AvgIpc) is 2.10. The first kappa shape index (κ1) is 10.3. The molecule has 1 aromatic rings. The minimum Gasteiger partial charge on any atom is -0.505 e. The van der Waals surface area contributed by atoms with Gasteiger partial charge in [0.1, 0.15) is 5.82 Å². The highest BCUT2D eigenvalue weighted by molar-refractivity contribution is 6.06. The van der Waals surface area contributed by atoms with Crippen LogP contribution in [0.3, 0.4) is 0 Å². The molecule has 5 heteroatoms. The maximum absolute atomic E-state index is 12.9. The molecule has 0 aliphatic carbocycles. The summed E-state index contributed by atoms with van der Waals surface area (Å²) >= 11 is 0. The normalized spacial score (nSPS) is 9.93. The zero-order valence-corrected chi connectivity index (χ0v) is 6.85. The standard InChI is InChI=1S/C9H5F3O2/c1-4(13)9(14)5-2-7(11)8(12)3-6(5)10/h2-3,13H,1H2. The fourth-order valence-electron chi connectivity index (χ4n) is 0.852. The van der Waals surface area contributed by atoms with E-state index in [-0.39, 0.29) is 6.07 Å². The van der Waals surface area contributed by atoms with Crippen LogP contribution < -0.4 is 0 Å². The van der Waals surface area contributed by atoms with Gasteiger partial charge in [0.15, 0.2) is 17.4 Å². The number of rotatable bonds is 2. The second-order valence-electron chi connectivity index (χ2n) is 2.52. The Morgan fingerprint density at radius 3 is 2.14 bits per heavy atom. The molecule has 0 spiro atoms. The van der Waals surface area contributed by atoms with E-state index >= 15 is 0 Å². The lowest BCUT2D eigenvalue weighted by molar-refractivity contribution is 0.0974. The van der Waals surface area contributed by atoms with Crippen LogP contribution in [-0.4, -0.2) is 10.9 Å². The molecule has 0 bridgehead atoms. The fraction of sp³-hybridized carbons (Fsp3) is 0. The van der Waals surface area contributed by atoms with Gasteiger partial charge in [-0.15, -0.1) is 0 Å². The van der Waals surface area contributed by atoms with E-state index in [4.69, 9.17) is 5.11 Å². The Labute approximate surface area is 77.3 Å². The fourth-order valence-corrected chi connectivity index (χ4v) is 0.852. The van der Waals surface area contributed by atoms with Crippen LogP contribution in [0.5, 0.6) is 0 Å². The monoisotopic (exact) mass is 202 g/mol. The lowest BCUT2D eigenvalue weighted by Gasteiger charge is -2.01. The van der Waals surface area contributed by atoms with Crippen molar-refractivity contribution in [3.8, 4) is 0 Å². The lowest BCUT2D eigenvalue weighted by atomic mass is 10.1. The number of allylic oxidation sites excluding steroid dienone is 1. The van der Waals surface area contributed by atoms with E-state index in [0.29, 0.717) is 6.07 Å². The number of Topliss-reactive ketones (excluding diaryl/α,β-unsaturated/α-hetero) is 1. The minimum absolute atomic E-state index is 0.228. The number of carbonyl (C=O) groups excluding carboxylic acids is 1. The van der Waals surface area contributed by atoms with Gasteiger partial charge >= 0.3 is 0 Å². The molecule has 0 heterocycles. The van der Waals surface area contributed by atoms with Gasteiger partial charge in [0.25, 0.3) is 0 Å². The number of hydrogen-bond acceptors (Lipinski definition) is 2. The summed E-state index contributed by atoms with van der Waals surface area (Å²) in [6, 6.07) is 0.597. The molecule has 0 saturated heterocycles. The molecule has 14 heavy (non-hydrogen) atoms. The number of carbonyl (C=O) groups is 1. The number of halogens is 3. The number of hydrogen-bond donors (Lipinski definition) is 1. The van der Waals surface area contributed by atoms with Crippen LogP contribution in [0.15, 0.2) is 24.5 Å². The van der Waals surface area contributed by atoms with Crippen molar-refractivity contribution in [1.82, 2.24) is 0 Å². The number of benzene rings is 1. The van der Waals surface area contributed by atoms with Crippen molar-refractivity contribution in [3.63, 3.8) is 0 Å². The van der Waals surface area contributed by atoms with Crippen molar-refractivity contribution in [1.29, 1.82) is 0 Å². The maximum Gasteiger partial charge on any atom is 0.229 e. The maximum atomic E-state index is 12.9. The highest BCUT2D eigenvalue weighted by atomic mass is 19.2. The summed E-state index contributed by atoms with van der Waals surface area (Å²) in [5.74, 6) is -6.13. The Balaban J connectivity index is 3.29. The first-order valence-corrected chi connectivity index (χ1v) is 3.50. The van der Waals surface area contributed by atoms with E-state index in [9.17, 15) is 18.0 Å². The molecule has 0 aromatic heterocycles. The van der Waals surface area contributed by atoms with Crippen molar-refractivity contribution in [2.45, 2.75) is 0 Å². The number of aliphatic hydroxyl groups is 1. The largest absolute Gasteiger partial charge is 0.505 e. The van der Waals surface area contributed by atoms with Gasteiger partial charge in [-0.3, -0.25) is 4.79 Å². The van der Waals surface area contributed by atoms with Crippen molar-refractivity contribution >= 4 is 5.78 Å². The predicted octanol–water partition coefficient (Wildman–Crippen LogP) is 2.36. The van der Waals surface area contributed by atoms with Gasteiger partial charge in [0.2, 0.25) is 5.78 Å². The number of aliphatic hydroxyl groups excluding tert-OH is 1. The summed E-state index contributed by atoms with van der Waals surface area (Å²) in [6.07, 6.45) is 0. The van der Waals surface area contributed by atoms with Crippen molar-refractivity contribution in [2.75, 3.05) is 0 Å². The molecule has 1 rings (SSSR count). The van der Waals surface area contributed by atoms with Crippen LogP contribution in [0, 0.1) is 17.5 Å². The van der Waals surface area contributed by atoms with Crippen LogP contribution in [0.2, 0.25) is 0 Å². The summed E-state index contributed by atoms with van der Waals surface area (Å²) in [6.45, 7) is 2.85. The first-order chi connectivity index (χ1) is 6.43. The van der Waals surface area contributed by atoms with Crippen LogP contribution in [-0.2, 0) is 0 Å². The molecule has 0 radical (unpaired) electrons. The van der Waals surface area contributed by atoms with Gasteiger partial charge in [-0.05, 0) is 6.07 Å². The van der Waals surface area contributed by atoms with Gasteiger partial charge in [-0.2, -0.15) is 0 Å². The molecule has 0 aliphatic heterocycles. The molecule has 0 unspecified atom stereocenters. The van der Waals surface area contributed by atoms with E-state index in [1.54, 1.807) is 0 Å². The summed E-state index contributed by atoms with van der Waals surface area (Å²) in [7, 11) is 0. The summed E-state index contributed by atoms with van der Waals surface area (Å²) < 4.78 is 37.9. The molecule has 0 atom stereocenters. The number of ketones is 1. The van der Waals surface area contributed by atoms with E-state index in [1.807, 2.05) is 0 Å². The first-order valence-electron chi connectivity index (χ1n) is 3.50. The molecule has 0 saturated carbocycles. The Morgan fingerprint density at radius 2 is 1.64 bits per heavy atom. The van der Waals surface area contributed by atoms with Gasteiger partial charge in [0.05, 0.1) is 5.56 Å². The van der Waals surface area contributed by atoms with E-state index in [0.717, 1.165) is 0 Å². The quantitative estimate of drug-likeness (QED) is 0.346. The summed E-state index contributed by atoms with van der Waals surface area (Å²) in [5, 5.41) is 8.63. The molecular formula is C9H5F3O2. The Bertz CT molecular complexity index is 413. The Hall–Kier alpha value is -1.78. The smallest absolute Gasteiger partial charge is 0.229 e. The lowest BCUT2D eigenvalue weighted by Crippen LogP contribution is -2.06. The van der Waals surface area contributed by atoms with Crippen LogP contribution in [0.1, 0.15) is 10.4 Å². The third-order valence-corrected chi connectivity index (χ3v) is 1.52. The molecule has 74 valence electrons. The third-order valence-electron chi connectivity index (χ3n) is 1.52. The minimum atomic E-state index is -1.40. The van der Waals surface area contributed by atoms with Crippen LogP contribution in [0.4, 0.5) is 13.2 Å². The second-order valence-corrected chi connectivity index (χ2v) is 2.52. The molecule has 0 amide bonds. The SMILES string of the molecule is C=C(O)C(=O)c1cc(F)c(F)cc1F. The zero-order chi connectivity index (χ0) is 10.9. The molecular weight excluding hydrogens is 197 g/mol. The second kappa shape index (κ2) is 3.53. The van der Waals surface area contributed by atoms with Crippen molar-refractivity contribution in [2.24, 2.45) is 0 Å². The molecule has 2 nitrogen and oxygen atoms in total. The van der Waals surface area contributed by atoms with E-state index in [1.165, 1.54) is 0 Å². The molecule has 0 fully saturated rings. The van der Waals surface area contributed by atoms with Crippen molar-refractivity contribution < 1.29 is 23.1 Å². The summed E-state index contributed by atoms with van der Waals surface area (Å²) in [4.78, 5) is 11.0. The summed E-state index contributed by atoms with van der Waals surface area (Å²) in [5.41, 5.74) is -0.753. The highest BCUT2D eigenvalue weighted by Crippen LogP contribution is 2.15.